The number of carbonyl (C=O) groups excluding carboxylic acids is 2. The van der Waals surface area contributed by atoms with Crippen molar-refractivity contribution in [1.29, 1.82) is 0 Å². The number of rotatable bonds is 4. The van der Waals surface area contributed by atoms with E-state index in [1.54, 1.807) is 20.8 Å². The summed E-state index contributed by atoms with van der Waals surface area (Å²) in [5.41, 5.74) is 5.58. The second kappa shape index (κ2) is 6.74. The van der Waals surface area contributed by atoms with E-state index in [1.165, 1.54) is 0 Å². The van der Waals surface area contributed by atoms with Crippen molar-refractivity contribution in [3.05, 3.63) is 34.3 Å². The molecule has 0 fully saturated rings. The average molecular weight is 343 g/mol. The van der Waals surface area contributed by atoms with E-state index in [9.17, 15) is 9.59 Å². The van der Waals surface area contributed by atoms with Gasteiger partial charge < -0.3 is 15.8 Å². The SMILES string of the molecule is CC(C)(C)OC(=O)NC(Cc1ccc(Br)cc1)C(N)=O. The molecule has 2 amide bonds. The standard InChI is InChI=1S/C14H19BrN2O3/c1-14(2,3)20-13(19)17-11(12(16)18)8-9-4-6-10(15)7-5-9/h4-7,11H,8H2,1-3H3,(H2,16,18)(H,17,19). The van der Waals surface area contributed by atoms with Crippen molar-refractivity contribution in [2.45, 2.75) is 38.8 Å². The molecule has 110 valence electrons. The fourth-order valence-corrected chi connectivity index (χ4v) is 1.79. The van der Waals surface area contributed by atoms with Crippen LogP contribution in [-0.2, 0) is 16.0 Å². The van der Waals surface area contributed by atoms with Crippen molar-refractivity contribution < 1.29 is 14.3 Å². The predicted octanol–water partition coefficient (Wildman–Crippen LogP) is 2.37. The monoisotopic (exact) mass is 342 g/mol. The molecule has 1 rings (SSSR count). The zero-order valence-electron chi connectivity index (χ0n) is 11.8. The summed E-state index contributed by atoms with van der Waals surface area (Å²) in [6, 6.07) is 6.64. The van der Waals surface area contributed by atoms with Gasteiger partial charge in [-0.15, -0.1) is 0 Å². The molecule has 0 bridgehead atoms. The first-order chi connectivity index (χ1) is 9.17. The molecule has 0 aromatic heterocycles. The van der Waals surface area contributed by atoms with Gasteiger partial charge in [-0.1, -0.05) is 28.1 Å². The lowest BCUT2D eigenvalue weighted by Crippen LogP contribution is -2.47. The van der Waals surface area contributed by atoms with E-state index >= 15 is 0 Å². The van der Waals surface area contributed by atoms with Gasteiger partial charge in [-0.3, -0.25) is 4.79 Å². The van der Waals surface area contributed by atoms with Crippen molar-refractivity contribution >= 4 is 27.9 Å². The summed E-state index contributed by atoms with van der Waals surface area (Å²) < 4.78 is 6.05. The van der Waals surface area contributed by atoms with E-state index in [-0.39, 0.29) is 0 Å². The molecular weight excluding hydrogens is 324 g/mol. The number of hydrogen-bond acceptors (Lipinski definition) is 3. The molecule has 1 atom stereocenters. The highest BCUT2D eigenvalue weighted by molar-refractivity contribution is 9.10. The van der Waals surface area contributed by atoms with Crippen molar-refractivity contribution in [2.75, 3.05) is 0 Å². The summed E-state index contributed by atoms with van der Waals surface area (Å²) in [7, 11) is 0. The molecule has 20 heavy (non-hydrogen) atoms. The third kappa shape index (κ3) is 6.06. The molecule has 0 heterocycles. The molecule has 1 unspecified atom stereocenters. The molecule has 0 aliphatic carbocycles. The van der Waals surface area contributed by atoms with Crippen LogP contribution in [-0.4, -0.2) is 23.6 Å². The minimum atomic E-state index is -0.800. The summed E-state index contributed by atoms with van der Waals surface area (Å²) in [4.78, 5) is 23.1. The number of primary amides is 1. The maximum atomic E-state index is 11.7. The smallest absolute Gasteiger partial charge is 0.408 e. The van der Waals surface area contributed by atoms with Crippen LogP contribution < -0.4 is 11.1 Å². The molecule has 0 spiro atoms. The first-order valence-electron chi connectivity index (χ1n) is 6.20. The minimum absolute atomic E-state index is 0.321. The first-order valence-corrected chi connectivity index (χ1v) is 7.00. The topological polar surface area (TPSA) is 81.4 Å². The number of halogens is 1. The van der Waals surface area contributed by atoms with Crippen LogP contribution in [0.25, 0.3) is 0 Å². The van der Waals surface area contributed by atoms with Gasteiger partial charge in [0.25, 0.3) is 0 Å². The van der Waals surface area contributed by atoms with Crippen LogP contribution in [0.15, 0.2) is 28.7 Å². The second-order valence-electron chi connectivity index (χ2n) is 5.43. The van der Waals surface area contributed by atoms with Crippen LogP contribution in [0.4, 0.5) is 4.79 Å². The Labute approximate surface area is 127 Å². The van der Waals surface area contributed by atoms with E-state index in [0.29, 0.717) is 6.42 Å². The summed E-state index contributed by atoms with van der Waals surface area (Å²) in [5, 5.41) is 2.49. The Bertz CT molecular complexity index is 480. The van der Waals surface area contributed by atoms with Gasteiger partial charge in [-0.25, -0.2) is 4.79 Å². The number of benzene rings is 1. The maximum absolute atomic E-state index is 11.7. The quantitative estimate of drug-likeness (QED) is 0.881. The third-order valence-corrected chi connectivity index (χ3v) is 2.92. The van der Waals surface area contributed by atoms with E-state index in [4.69, 9.17) is 10.5 Å². The van der Waals surface area contributed by atoms with Crippen molar-refractivity contribution in [1.82, 2.24) is 5.32 Å². The zero-order chi connectivity index (χ0) is 15.3. The Morgan fingerprint density at radius 2 is 1.85 bits per heavy atom. The highest BCUT2D eigenvalue weighted by Gasteiger charge is 2.22. The van der Waals surface area contributed by atoms with Gasteiger partial charge in [-0.2, -0.15) is 0 Å². The highest BCUT2D eigenvalue weighted by atomic mass is 79.9. The molecule has 3 N–H and O–H groups in total. The molecule has 0 saturated heterocycles. The van der Waals surface area contributed by atoms with Gasteiger partial charge in [-0.05, 0) is 38.5 Å². The normalized spacial score (nSPS) is 12.6. The van der Waals surface area contributed by atoms with E-state index < -0.39 is 23.6 Å². The lowest BCUT2D eigenvalue weighted by molar-refractivity contribution is -0.120. The Kier molecular flexibility index (Phi) is 5.56. The Morgan fingerprint density at radius 1 is 1.30 bits per heavy atom. The van der Waals surface area contributed by atoms with E-state index in [1.807, 2.05) is 24.3 Å². The fraction of sp³-hybridized carbons (Fsp3) is 0.429. The van der Waals surface area contributed by atoms with Crippen molar-refractivity contribution in [2.24, 2.45) is 5.73 Å². The number of carbonyl (C=O) groups is 2. The summed E-state index contributed by atoms with van der Waals surface area (Å²) in [6.07, 6.45) is -0.333. The lowest BCUT2D eigenvalue weighted by Gasteiger charge is -2.22. The van der Waals surface area contributed by atoms with Crippen LogP contribution in [0.5, 0.6) is 0 Å². The zero-order valence-corrected chi connectivity index (χ0v) is 13.4. The molecule has 1 aromatic carbocycles. The largest absolute Gasteiger partial charge is 0.444 e. The molecular formula is C14H19BrN2O3. The van der Waals surface area contributed by atoms with E-state index in [0.717, 1.165) is 10.0 Å². The van der Waals surface area contributed by atoms with Gasteiger partial charge in [0, 0.05) is 10.9 Å². The van der Waals surface area contributed by atoms with Crippen LogP contribution in [0.3, 0.4) is 0 Å². The van der Waals surface area contributed by atoms with Gasteiger partial charge in [0.1, 0.15) is 11.6 Å². The summed E-state index contributed by atoms with van der Waals surface area (Å²) >= 11 is 3.33. The Morgan fingerprint density at radius 3 is 2.30 bits per heavy atom. The fourth-order valence-electron chi connectivity index (χ4n) is 1.53. The number of ether oxygens (including phenoxy) is 1. The molecule has 0 aliphatic rings. The summed E-state index contributed by atoms with van der Waals surface area (Å²) in [6.45, 7) is 5.25. The summed E-state index contributed by atoms with van der Waals surface area (Å²) in [5.74, 6) is -0.598. The molecule has 0 saturated carbocycles. The predicted molar refractivity (Wildman–Crippen MR) is 80.2 cm³/mol. The molecule has 0 radical (unpaired) electrons. The van der Waals surface area contributed by atoms with Gasteiger partial charge in [0.05, 0.1) is 0 Å². The molecule has 0 aliphatic heterocycles. The second-order valence-corrected chi connectivity index (χ2v) is 6.35. The molecule has 1 aromatic rings. The Hall–Kier alpha value is -1.56. The van der Waals surface area contributed by atoms with Gasteiger partial charge >= 0.3 is 6.09 Å². The number of nitrogens with one attached hydrogen (secondary N) is 1. The molecule has 5 nitrogen and oxygen atoms in total. The van der Waals surface area contributed by atoms with Crippen molar-refractivity contribution in [3.63, 3.8) is 0 Å². The Balaban J connectivity index is 2.68. The van der Waals surface area contributed by atoms with Crippen LogP contribution in [0.1, 0.15) is 26.3 Å². The number of nitrogens with two attached hydrogens (primary N) is 1. The van der Waals surface area contributed by atoms with Crippen molar-refractivity contribution in [3.8, 4) is 0 Å². The van der Waals surface area contributed by atoms with E-state index in [2.05, 4.69) is 21.2 Å². The molecule has 6 heteroatoms. The maximum Gasteiger partial charge on any atom is 0.408 e. The minimum Gasteiger partial charge on any atom is -0.444 e. The van der Waals surface area contributed by atoms with Crippen LogP contribution >= 0.6 is 15.9 Å². The average Bonchev–Trinajstić information content (AvgIpc) is 2.28. The highest BCUT2D eigenvalue weighted by Crippen LogP contribution is 2.12. The van der Waals surface area contributed by atoms with Gasteiger partial charge in [0.2, 0.25) is 5.91 Å². The van der Waals surface area contributed by atoms with Crippen LogP contribution in [0, 0.1) is 0 Å². The lowest BCUT2D eigenvalue weighted by atomic mass is 10.1. The van der Waals surface area contributed by atoms with Gasteiger partial charge in [0.15, 0.2) is 0 Å². The number of hydrogen-bond donors (Lipinski definition) is 2. The number of amides is 2. The number of alkyl carbamates (subject to hydrolysis) is 1. The first kappa shape index (κ1) is 16.5. The van der Waals surface area contributed by atoms with Crippen LogP contribution in [0.2, 0.25) is 0 Å². The third-order valence-electron chi connectivity index (χ3n) is 2.39.